The summed E-state index contributed by atoms with van der Waals surface area (Å²) in [5, 5.41) is 8.58. The minimum Gasteiger partial charge on any atom is -0.378 e. The molecule has 5 aliphatic carbocycles. The van der Waals surface area contributed by atoms with Crippen molar-refractivity contribution in [3.05, 3.63) is 0 Å². The second-order valence-electron chi connectivity index (χ2n) is 34.3. The monoisotopic (exact) mass is 1630 g/mol. The lowest BCUT2D eigenvalue weighted by Crippen LogP contribution is -2.68. The number of alkyl halides is 8. The molecule has 2 unspecified atom stereocenters. The van der Waals surface area contributed by atoms with E-state index in [-0.39, 0.29) is 123 Å². The van der Waals surface area contributed by atoms with Gasteiger partial charge in [-0.1, -0.05) is 78.1 Å². The molecule has 0 aromatic heterocycles. The highest BCUT2D eigenvalue weighted by atomic mass is 19.4. The van der Waals surface area contributed by atoms with Gasteiger partial charge in [0, 0.05) is 81.5 Å². The van der Waals surface area contributed by atoms with Gasteiger partial charge in [-0.3, -0.25) is 57.5 Å². The largest absolute Gasteiger partial charge is 0.397 e. The number of ether oxygens (including phenoxy) is 2. The second-order valence-corrected chi connectivity index (χ2v) is 34.3. The van der Waals surface area contributed by atoms with Crippen LogP contribution in [-0.2, 0) is 67.0 Å². The number of amides is 12. The highest BCUT2D eigenvalue weighted by Crippen LogP contribution is 2.46. The molecule has 4 saturated heterocycles. The van der Waals surface area contributed by atoms with Crippen molar-refractivity contribution in [2.45, 2.75) is 292 Å². The van der Waals surface area contributed by atoms with Gasteiger partial charge in [0.2, 0.25) is 70.9 Å². The van der Waals surface area contributed by atoms with E-state index in [9.17, 15) is 35.9 Å². The SMILES string of the molecule is CCO[C@@H]1C[C@H]2C(=O)NC3(CCC3)C(=O)N(C)[C@@H](C3CCCC3)C(=O)N(C)[C@H](C(=O)N3CCOCC3)CC(=O)N(C)[C@@H](CC3CCCCC3)C(=O)N[C@@H]([C@@H](C)CC)C(=O)N(C)CC(=O)N(C)[C@H]3CCCCCN(C3=O)[C@@H](CC3CCC(C(F)(F)F)CC3)C(=O)N(C)CC(=O)N[C@@H](CCC3CC(F)C(C(F)(F)F)C(F)C3)C(=O)N2C1. The van der Waals surface area contributed by atoms with E-state index in [4.69, 9.17) is 9.47 Å². The summed E-state index contributed by atoms with van der Waals surface area (Å²) < 4.78 is 127. The average molecular weight is 1630 g/mol. The first-order valence-corrected chi connectivity index (χ1v) is 41.9. The Morgan fingerprint density at radius 3 is 1.75 bits per heavy atom. The Kier molecular flexibility index (Phi) is 31.9. The molecule has 5 saturated carbocycles. The van der Waals surface area contributed by atoms with E-state index < -0.39 is 230 Å². The molecule has 26 nitrogen and oxygen atoms in total. The lowest BCUT2D eigenvalue weighted by atomic mass is 9.74. The van der Waals surface area contributed by atoms with E-state index in [1.165, 1.54) is 71.7 Å². The fraction of sp³-hybridized carbons (Fsp3) is 0.850. The van der Waals surface area contributed by atoms with Crippen LogP contribution in [-0.4, -0.2) is 301 Å². The van der Waals surface area contributed by atoms with Gasteiger partial charge in [0.05, 0.1) is 44.7 Å². The highest BCUT2D eigenvalue weighted by Gasteiger charge is 2.57. The molecule has 9 rings (SSSR count). The maximum atomic E-state index is 15.9. The number of nitrogens with one attached hydrogen (secondary N) is 3. The van der Waals surface area contributed by atoms with Crippen LogP contribution in [0.25, 0.3) is 0 Å². The lowest BCUT2D eigenvalue weighted by Gasteiger charge is -2.47. The van der Waals surface area contributed by atoms with Crippen molar-refractivity contribution < 1.29 is 102 Å². The third-order valence-corrected chi connectivity index (χ3v) is 26.7. The van der Waals surface area contributed by atoms with Crippen molar-refractivity contribution in [3.63, 3.8) is 0 Å². The lowest BCUT2D eigenvalue weighted by molar-refractivity contribution is -0.219. The van der Waals surface area contributed by atoms with Crippen LogP contribution in [0, 0.1) is 41.4 Å². The van der Waals surface area contributed by atoms with Gasteiger partial charge in [-0.2, -0.15) is 26.3 Å². The number of morpholine rings is 1. The van der Waals surface area contributed by atoms with Crippen LogP contribution in [0.3, 0.4) is 0 Å². The highest BCUT2D eigenvalue weighted by molar-refractivity contribution is 6.01. The summed E-state index contributed by atoms with van der Waals surface area (Å²) >= 11 is 0. The summed E-state index contributed by atoms with van der Waals surface area (Å²) in [6.07, 6.45) is -10.9. The summed E-state index contributed by atoms with van der Waals surface area (Å²) in [5.41, 5.74) is -1.70. The number of rotatable bonds is 13. The Balaban J connectivity index is 1.12. The van der Waals surface area contributed by atoms with E-state index in [1.807, 2.05) is 6.92 Å². The Bertz CT molecular complexity index is 3360. The standard InChI is InChI=1S/C80H124F8N12O14/c1-10-48(3)67-75(110)93(5)47-65(103)94(6)58-25-16-13-19-34-99(74(58)109)62(42-50-26-29-53(30-27-50)79(83,84)85)72(107)92(4)46-63(101)89-57(31-28-51-39-55(81)66(56(82)40-51)80(86,87)88)71(106)100-45-54(114-11-2)43-60(100)70(105)91-78(32-20-33-78)77(112)97(9)68(52-23-17-18-24-52)76(111)96(8)61(73(108)98-35-37-113-38-36-98)44-64(102)95(7)59(69(104)90-67)41-49-21-14-12-15-22-49/h48-62,66-68H,10-47H2,1-9H3,(H,89,101)(H,90,104)(H,91,105)/t48-,50?,51?,53?,54+,55?,56?,57-,58-,59-,60-,61-,62-,66?,67-,68-/m0/s1. The minimum atomic E-state index is -5.22. The minimum absolute atomic E-state index is 0.0104. The summed E-state index contributed by atoms with van der Waals surface area (Å²) in [5.74, 6) is -16.4. The van der Waals surface area contributed by atoms with Crippen molar-refractivity contribution >= 4 is 70.9 Å². The van der Waals surface area contributed by atoms with Crippen molar-refractivity contribution in [2.75, 3.05) is 101 Å². The fourth-order valence-corrected chi connectivity index (χ4v) is 19.3. The molecule has 34 heteroatoms. The van der Waals surface area contributed by atoms with Gasteiger partial charge < -0.3 is 69.5 Å². The number of nitrogens with zero attached hydrogens (tertiary/aromatic N) is 9. The Morgan fingerprint density at radius 2 is 1.16 bits per heavy atom. The van der Waals surface area contributed by atoms with E-state index in [0.29, 0.717) is 57.8 Å². The molecule has 2 bridgehead atoms. The normalized spacial score (nSPS) is 32.6. The van der Waals surface area contributed by atoms with Gasteiger partial charge in [0.1, 0.15) is 72.1 Å². The Hall–Kier alpha value is -7.00. The van der Waals surface area contributed by atoms with Gasteiger partial charge in [-0.15, -0.1) is 0 Å². The summed E-state index contributed by atoms with van der Waals surface area (Å²) in [4.78, 5) is 195. The fourth-order valence-electron chi connectivity index (χ4n) is 19.3. The van der Waals surface area contributed by atoms with Crippen LogP contribution in [0.5, 0.6) is 0 Å². The van der Waals surface area contributed by atoms with Gasteiger partial charge >= 0.3 is 12.4 Å². The zero-order valence-corrected chi connectivity index (χ0v) is 68.0. The first-order chi connectivity index (χ1) is 53.9. The van der Waals surface area contributed by atoms with Crippen molar-refractivity contribution in [3.8, 4) is 0 Å². The second kappa shape index (κ2) is 40.0. The quantitative estimate of drug-likeness (QED) is 0.153. The molecule has 114 heavy (non-hydrogen) atoms. The number of hydrogen-bond acceptors (Lipinski definition) is 14. The number of carbonyl (C=O) groups is 12. The molecule has 4 heterocycles. The summed E-state index contributed by atoms with van der Waals surface area (Å²) in [6, 6.07) is -11.2. The molecule has 12 atom stereocenters. The first kappa shape index (κ1) is 90.9. The Labute approximate surface area is 664 Å². The molecule has 3 N–H and O–H groups in total. The maximum Gasteiger partial charge on any atom is 0.397 e. The molecule has 644 valence electrons. The van der Waals surface area contributed by atoms with Crippen LogP contribution >= 0.6 is 0 Å². The molecule has 9 aliphatic rings. The number of hydrogen-bond donors (Lipinski definition) is 3. The molecular weight excluding hydrogens is 1500 g/mol. The third kappa shape index (κ3) is 22.0. The number of halogens is 8. The van der Waals surface area contributed by atoms with Gasteiger partial charge in [-0.05, 0) is 146 Å². The summed E-state index contributed by atoms with van der Waals surface area (Å²) in [6.45, 7) is 4.00. The average Bonchev–Trinajstić information content (AvgIpc) is 1.28. The zero-order valence-electron chi connectivity index (χ0n) is 68.0. The van der Waals surface area contributed by atoms with Crippen LogP contribution in [0.2, 0.25) is 0 Å². The zero-order chi connectivity index (χ0) is 83.4. The van der Waals surface area contributed by atoms with E-state index in [0.717, 1.165) is 46.8 Å². The molecule has 1 spiro atoms. The van der Waals surface area contributed by atoms with Crippen molar-refractivity contribution in [1.82, 2.24) is 60.0 Å². The Morgan fingerprint density at radius 1 is 0.561 bits per heavy atom. The number of likely N-dealkylation sites (N-methyl/N-ethyl adjacent to an activating group) is 6. The first-order valence-electron chi connectivity index (χ1n) is 41.9. The van der Waals surface area contributed by atoms with Crippen LogP contribution in [0.4, 0.5) is 35.1 Å². The summed E-state index contributed by atoms with van der Waals surface area (Å²) in [7, 11) is 8.25. The predicted molar refractivity (Wildman–Crippen MR) is 402 cm³/mol. The van der Waals surface area contributed by atoms with E-state index in [1.54, 1.807) is 13.8 Å². The molecule has 0 radical (unpaired) electrons. The van der Waals surface area contributed by atoms with Gasteiger partial charge in [0.25, 0.3) is 0 Å². The molecule has 0 aromatic rings. The number of fused-ring (bicyclic) bond motifs is 3. The molecule has 9 fully saturated rings. The molecule has 12 amide bonds. The maximum absolute atomic E-state index is 15.9. The smallest absolute Gasteiger partial charge is 0.378 e. The third-order valence-electron chi connectivity index (χ3n) is 26.7. The molecule has 0 aromatic carbocycles. The predicted octanol–water partition coefficient (Wildman–Crippen LogP) is 7.27. The number of carbonyl (C=O) groups excluding carboxylic acids is 12. The van der Waals surface area contributed by atoms with Gasteiger partial charge in [0.15, 0.2) is 0 Å². The molecular formula is C80H124F8N12O14. The molecule has 4 aliphatic heterocycles. The van der Waals surface area contributed by atoms with Crippen molar-refractivity contribution in [1.29, 1.82) is 0 Å². The van der Waals surface area contributed by atoms with E-state index >= 15 is 56.7 Å². The van der Waals surface area contributed by atoms with Gasteiger partial charge in [-0.25, -0.2) is 8.78 Å². The van der Waals surface area contributed by atoms with Crippen LogP contribution in [0.15, 0.2) is 0 Å². The van der Waals surface area contributed by atoms with E-state index in [2.05, 4.69) is 16.0 Å². The van der Waals surface area contributed by atoms with Crippen LogP contribution in [0.1, 0.15) is 207 Å². The topological polar surface area (TPSA) is 289 Å². The van der Waals surface area contributed by atoms with Crippen LogP contribution < -0.4 is 16.0 Å². The van der Waals surface area contributed by atoms with Crippen molar-refractivity contribution in [2.24, 2.45) is 41.4 Å².